The van der Waals surface area contributed by atoms with E-state index in [1.165, 1.54) is 0 Å². The SMILES string of the molecule is Cc1ccccc1[N+]1(c2cc3ccoc3c(N3CCN(C)CC3)n2)CCNC1=O. The summed E-state index contributed by atoms with van der Waals surface area (Å²) in [5.74, 6) is 1.58. The zero-order valence-electron chi connectivity index (χ0n) is 16.9. The number of piperazine rings is 1. The predicted octanol–water partition coefficient (Wildman–Crippen LogP) is 3.25. The Morgan fingerprint density at radius 1 is 1.14 bits per heavy atom. The van der Waals surface area contributed by atoms with Crippen molar-refractivity contribution in [3.05, 3.63) is 48.2 Å². The summed E-state index contributed by atoms with van der Waals surface area (Å²) in [5, 5.41) is 4.01. The summed E-state index contributed by atoms with van der Waals surface area (Å²) in [5.41, 5.74) is 2.85. The van der Waals surface area contributed by atoms with Crippen LogP contribution in [-0.4, -0.2) is 62.2 Å². The first kappa shape index (κ1) is 18.1. The summed E-state index contributed by atoms with van der Waals surface area (Å²) in [6.07, 6.45) is 1.71. The number of fused-ring (bicyclic) bond motifs is 1. The number of likely N-dealkylation sites (N-methyl/N-ethyl adjacent to an activating group) is 1. The molecule has 2 aliphatic rings. The van der Waals surface area contributed by atoms with Crippen LogP contribution < -0.4 is 14.7 Å². The van der Waals surface area contributed by atoms with Crippen molar-refractivity contribution in [3.63, 3.8) is 0 Å². The van der Waals surface area contributed by atoms with Crippen molar-refractivity contribution < 1.29 is 9.21 Å². The molecule has 1 N–H and O–H groups in total. The van der Waals surface area contributed by atoms with Crippen LogP contribution in [0, 0.1) is 6.92 Å². The lowest BCUT2D eigenvalue weighted by molar-refractivity contribution is 0.230. The summed E-state index contributed by atoms with van der Waals surface area (Å²) in [6.45, 7) is 7.06. The first-order valence-corrected chi connectivity index (χ1v) is 10.1. The quantitative estimate of drug-likeness (QED) is 0.694. The van der Waals surface area contributed by atoms with Gasteiger partial charge in [0.15, 0.2) is 17.1 Å². The Balaban J connectivity index is 1.71. The molecule has 0 saturated carbocycles. The topological polar surface area (TPSA) is 61.6 Å². The Hall–Kier alpha value is -2.90. The number of nitrogens with one attached hydrogen (secondary N) is 1. The van der Waals surface area contributed by atoms with E-state index in [2.05, 4.69) is 35.2 Å². The minimum atomic E-state index is -0.0287. The maximum absolute atomic E-state index is 13.2. The summed E-state index contributed by atoms with van der Waals surface area (Å²) >= 11 is 0. The number of amides is 2. The van der Waals surface area contributed by atoms with Gasteiger partial charge in [-0.05, 0) is 20.0 Å². The van der Waals surface area contributed by atoms with Gasteiger partial charge >= 0.3 is 6.03 Å². The number of para-hydroxylation sites is 1. The molecular weight excluding hydrogens is 366 g/mol. The fourth-order valence-electron chi connectivity index (χ4n) is 4.50. The maximum atomic E-state index is 13.2. The van der Waals surface area contributed by atoms with Gasteiger partial charge in [0.2, 0.25) is 5.82 Å². The van der Waals surface area contributed by atoms with Crippen LogP contribution in [0.15, 0.2) is 47.1 Å². The molecule has 1 aromatic carbocycles. The maximum Gasteiger partial charge on any atom is 0.428 e. The van der Waals surface area contributed by atoms with E-state index in [1.807, 2.05) is 30.3 Å². The number of quaternary nitrogens is 1. The van der Waals surface area contributed by atoms with Gasteiger partial charge in [-0.1, -0.05) is 18.2 Å². The number of aryl methyl sites for hydroxylation is 1. The van der Waals surface area contributed by atoms with E-state index in [1.54, 1.807) is 6.26 Å². The third-order valence-electron chi connectivity index (χ3n) is 6.19. The second-order valence-corrected chi connectivity index (χ2v) is 7.99. The highest BCUT2D eigenvalue weighted by Gasteiger charge is 2.49. The number of rotatable bonds is 3. The third kappa shape index (κ3) is 2.81. The summed E-state index contributed by atoms with van der Waals surface area (Å²) < 4.78 is 5.90. The highest BCUT2D eigenvalue weighted by atomic mass is 16.3. The minimum Gasteiger partial charge on any atom is -0.460 e. The van der Waals surface area contributed by atoms with Gasteiger partial charge in [-0.25, -0.2) is 4.79 Å². The lowest BCUT2D eigenvalue weighted by Crippen LogP contribution is -2.49. The van der Waals surface area contributed by atoms with Crippen molar-refractivity contribution in [3.8, 4) is 0 Å². The predicted molar refractivity (Wildman–Crippen MR) is 115 cm³/mol. The number of furan rings is 1. The van der Waals surface area contributed by atoms with Gasteiger partial charge in [0.05, 0.1) is 12.8 Å². The molecule has 2 fully saturated rings. The van der Waals surface area contributed by atoms with Crippen molar-refractivity contribution in [2.24, 2.45) is 0 Å². The van der Waals surface area contributed by atoms with Gasteiger partial charge in [-0.2, -0.15) is 9.47 Å². The zero-order chi connectivity index (χ0) is 20.0. The Bertz CT molecular complexity index is 1070. The third-order valence-corrected chi connectivity index (χ3v) is 6.19. The fourth-order valence-corrected chi connectivity index (χ4v) is 4.50. The monoisotopic (exact) mass is 392 g/mol. The van der Waals surface area contributed by atoms with Crippen LogP contribution in [0.2, 0.25) is 0 Å². The number of aromatic nitrogens is 1. The molecule has 2 amide bonds. The highest BCUT2D eigenvalue weighted by Crippen LogP contribution is 2.41. The van der Waals surface area contributed by atoms with E-state index >= 15 is 0 Å². The van der Waals surface area contributed by atoms with Crippen molar-refractivity contribution >= 4 is 34.3 Å². The number of benzene rings is 1. The average molecular weight is 392 g/mol. The van der Waals surface area contributed by atoms with Crippen molar-refractivity contribution in [2.75, 3.05) is 51.2 Å². The van der Waals surface area contributed by atoms with Crippen LogP contribution in [0.3, 0.4) is 0 Å². The second-order valence-electron chi connectivity index (χ2n) is 7.99. The molecule has 7 nitrogen and oxygen atoms in total. The number of carbonyl (C=O) groups is 1. The fraction of sp³-hybridized carbons (Fsp3) is 0.364. The first-order chi connectivity index (χ1) is 14.1. The normalized spacial score (nSPS) is 23.0. The minimum absolute atomic E-state index is 0.0287. The average Bonchev–Trinajstić information content (AvgIpc) is 3.35. The van der Waals surface area contributed by atoms with E-state index in [0.717, 1.165) is 60.0 Å². The van der Waals surface area contributed by atoms with Crippen LogP contribution in [0.4, 0.5) is 22.1 Å². The molecule has 150 valence electrons. The van der Waals surface area contributed by atoms with Gasteiger partial charge in [-0.15, -0.1) is 0 Å². The van der Waals surface area contributed by atoms with Crippen LogP contribution >= 0.6 is 0 Å². The molecule has 0 spiro atoms. The molecule has 5 rings (SSSR count). The van der Waals surface area contributed by atoms with E-state index < -0.39 is 0 Å². The summed E-state index contributed by atoms with van der Waals surface area (Å²) in [7, 11) is 2.14. The van der Waals surface area contributed by atoms with E-state index in [9.17, 15) is 4.79 Å². The van der Waals surface area contributed by atoms with Crippen LogP contribution in [0.25, 0.3) is 11.0 Å². The highest BCUT2D eigenvalue weighted by molar-refractivity contribution is 5.98. The van der Waals surface area contributed by atoms with E-state index in [-0.39, 0.29) is 10.5 Å². The van der Waals surface area contributed by atoms with Crippen LogP contribution in [0.1, 0.15) is 5.56 Å². The van der Waals surface area contributed by atoms with Crippen molar-refractivity contribution in [1.82, 2.24) is 19.7 Å². The molecule has 2 saturated heterocycles. The molecule has 2 aliphatic heterocycles. The van der Waals surface area contributed by atoms with Gasteiger partial charge < -0.3 is 14.2 Å². The summed E-state index contributed by atoms with van der Waals surface area (Å²) in [6, 6.07) is 12.0. The summed E-state index contributed by atoms with van der Waals surface area (Å²) in [4.78, 5) is 22.9. The van der Waals surface area contributed by atoms with E-state index in [0.29, 0.717) is 13.1 Å². The Morgan fingerprint density at radius 3 is 2.66 bits per heavy atom. The molecule has 3 aromatic rings. The lowest BCUT2D eigenvalue weighted by Gasteiger charge is -2.34. The number of carbonyl (C=O) groups excluding carboxylic acids is 1. The van der Waals surface area contributed by atoms with Gasteiger partial charge in [0.1, 0.15) is 6.54 Å². The molecule has 29 heavy (non-hydrogen) atoms. The zero-order valence-corrected chi connectivity index (χ0v) is 16.9. The number of urea groups is 1. The number of anilines is 1. The van der Waals surface area contributed by atoms with E-state index in [4.69, 9.17) is 9.40 Å². The number of pyridine rings is 1. The van der Waals surface area contributed by atoms with Crippen LogP contribution in [-0.2, 0) is 0 Å². The molecule has 0 radical (unpaired) electrons. The van der Waals surface area contributed by atoms with Crippen LogP contribution in [0.5, 0.6) is 0 Å². The molecular formula is C22H26N5O2+. The van der Waals surface area contributed by atoms with Crippen molar-refractivity contribution in [1.29, 1.82) is 0 Å². The number of nitrogens with zero attached hydrogens (tertiary/aromatic N) is 4. The lowest BCUT2D eigenvalue weighted by atomic mass is 10.1. The number of hydrogen-bond acceptors (Lipinski definition) is 5. The Labute approximate surface area is 170 Å². The van der Waals surface area contributed by atoms with Gasteiger partial charge in [-0.3, -0.25) is 5.32 Å². The molecule has 1 unspecified atom stereocenters. The van der Waals surface area contributed by atoms with Gasteiger partial charge in [0.25, 0.3) is 0 Å². The Morgan fingerprint density at radius 2 is 1.93 bits per heavy atom. The second kappa shape index (κ2) is 6.86. The number of hydrogen-bond donors (Lipinski definition) is 1. The molecule has 4 heterocycles. The largest absolute Gasteiger partial charge is 0.460 e. The molecule has 0 bridgehead atoms. The smallest absolute Gasteiger partial charge is 0.428 e. The molecule has 1 atom stereocenters. The van der Waals surface area contributed by atoms with Crippen molar-refractivity contribution in [2.45, 2.75) is 6.92 Å². The van der Waals surface area contributed by atoms with Gasteiger partial charge in [0, 0.05) is 49.3 Å². The Kier molecular flexibility index (Phi) is 4.29. The molecule has 7 heteroatoms. The molecule has 0 aliphatic carbocycles. The standard InChI is InChI=1S/C22H25N5O2/c1-16-5-3-4-6-18(16)27(13-8-23-22(27)28)19-15-17-7-14-29-20(17)21(24-19)26-11-9-25(2)10-12-26/h3-7,14-15H,8-13H2,1-2H3/p+1. The molecule has 2 aromatic heterocycles. The first-order valence-electron chi connectivity index (χ1n) is 10.1.